The Hall–Kier alpha value is -1.98. The number of nitrogens with zero attached hydrogens (tertiary/aromatic N) is 4. The van der Waals surface area contributed by atoms with E-state index in [9.17, 15) is 0 Å². The molecule has 0 aliphatic heterocycles. The molecule has 2 heterocycles. The lowest BCUT2D eigenvalue weighted by molar-refractivity contribution is 0.795. The van der Waals surface area contributed by atoms with Gasteiger partial charge in [0.2, 0.25) is 11.9 Å². The second-order valence-electron chi connectivity index (χ2n) is 4.16. The lowest BCUT2D eigenvalue weighted by atomic mass is 10.4. The van der Waals surface area contributed by atoms with E-state index in [-0.39, 0.29) is 0 Å². The van der Waals surface area contributed by atoms with E-state index in [1.807, 2.05) is 32.6 Å². The number of hydrogen-bond donors (Lipinski definition) is 2. The van der Waals surface area contributed by atoms with Crippen LogP contribution in [0.1, 0.15) is 11.4 Å². The van der Waals surface area contributed by atoms with Gasteiger partial charge in [-0.05, 0) is 19.1 Å². The molecular weight excluding hydrogens is 216 g/mol. The molecule has 17 heavy (non-hydrogen) atoms. The molecule has 0 radical (unpaired) electrons. The molecule has 0 unspecified atom stereocenters. The van der Waals surface area contributed by atoms with Crippen LogP contribution in [0, 0.1) is 6.92 Å². The third kappa shape index (κ3) is 2.25. The molecule has 2 N–H and O–H groups in total. The van der Waals surface area contributed by atoms with Crippen LogP contribution in [-0.4, -0.2) is 33.8 Å². The maximum atomic E-state index is 4.15. The van der Waals surface area contributed by atoms with Gasteiger partial charge in [-0.25, -0.2) is 0 Å². The molecule has 0 aliphatic carbocycles. The average molecular weight is 234 g/mol. The molecule has 0 aliphatic rings. The van der Waals surface area contributed by atoms with Crippen molar-refractivity contribution in [3.05, 3.63) is 23.5 Å². The summed E-state index contributed by atoms with van der Waals surface area (Å²) < 4.78 is 1.93. The zero-order chi connectivity index (χ0) is 12.4. The van der Waals surface area contributed by atoms with Crippen molar-refractivity contribution in [2.75, 3.05) is 24.3 Å². The highest BCUT2D eigenvalue weighted by Gasteiger charge is 2.12. The van der Waals surface area contributed by atoms with Gasteiger partial charge < -0.3 is 15.2 Å². The molecule has 0 saturated carbocycles. The molecular formula is C11H18N6. The first-order chi connectivity index (χ1) is 8.11. The molecule has 92 valence electrons. The van der Waals surface area contributed by atoms with Crippen molar-refractivity contribution in [2.24, 2.45) is 7.05 Å². The van der Waals surface area contributed by atoms with Gasteiger partial charge in [-0.15, -0.1) is 10.2 Å². The van der Waals surface area contributed by atoms with E-state index in [2.05, 4.69) is 37.5 Å². The summed E-state index contributed by atoms with van der Waals surface area (Å²) in [6.07, 6.45) is 0. The normalized spacial score (nSPS) is 10.6. The van der Waals surface area contributed by atoms with Crippen LogP contribution in [0.2, 0.25) is 0 Å². The number of anilines is 2. The minimum Gasteiger partial charge on any atom is -0.361 e. The molecule has 2 aromatic rings. The third-order valence-corrected chi connectivity index (χ3v) is 2.72. The molecule has 2 aromatic heterocycles. The molecule has 0 fully saturated rings. The fourth-order valence-corrected chi connectivity index (χ4v) is 1.85. The Morgan fingerprint density at radius 2 is 2.18 bits per heavy atom. The van der Waals surface area contributed by atoms with Crippen LogP contribution >= 0.6 is 0 Å². The predicted octanol–water partition coefficient (Wildman–Crippen LogP) is 1.13. The lowest BCUT2D eigenvalue weighted by Gasteiger charge is -2.16. The van der Waals surface area contributed by atoms with Gasteiger partial charge in [-0.3, -0.25) is 4.57 Å². The summed E-state index contributed by atoms with van der Waals surface area (Å²) >= 11 is 0. The monoisotopic (exact) mass is 234 g/mol. The van der Waals surface area contributed by atoms with Crippen LogP contribution in [-0.2, 0) is 13.6 Å². The van der Waals surface area contributed by atoms with Crippen molar-refractivity contribution < 1.29 is 0 Å². The summed E-state index contributed by atoms with van der Waals surface area (Å²) in [5, 5.41) is 11.2. The van der Waals surface area contributed by atoms with Crippen molar-refractivity contribution in [1.82, 2.24) is 19.7 Å². The molecule has 0 aromatic carbocycles. The summed E-state index contributed by atoms with van der Waals surface area (Å²) in [6, 6.07) is 4.15. The minimum absolute atomic E-state index is 0.759. The largest absolute Gasteiger partial charge is 0.361 e. The Balaban J connectivity index is 2.14. The van der Waals surface area contributed by atoms with E-state index in [1.54, 1.807) is 0 Å². The van der Waals surface area contributed by atoms with Crippen molar-refractivity contribution in [3.8, 4) is 0 Å². The molecule has 6 heteroatoms. The summed E-state index contributed by atoms with van der Waals surface area (Å²) in [5.41, 5.74) is 2.33. The summed E-state index contributed by atoms with van der Waals surface area (Å²) in [4.78, 5) is 5.36. The SMILES string of the molecule is CNc1nnc(N(C)Cc2ccc(C)[nH]2)n1C. The Morgan fingerprint density at radius 3 is 2.71 bits per heavy atom. The topological polar surface area (TPSA) is 61.8 Å². The summed E-state index contributed by atoms with van der Waals surface area (Å²) in [6.45, 7) is 2.83. The smallest absolute Gasteiger partial charge is 0.228 e. The Kier molecular flexibility index (Phi) is 3.03. The van der Waals surface area contributed by atoms with Gasteiger partial charge in [0, 0.05) is 32.5 Å². The van der Waals surface area contributed by atoms with Crippen LogP contribution in [0.3, 0.4) is 0 Å². The second kappa shape index (κ2) is 4.48. The van der Waals surface area contributed by atoms with E-state index in [1.165, 1.54) is 11.4 Å². The maximum absolute atomic E-state index is 4.15. The Morgan fingerprint density at radius 1 is 1.41 bits per heavy atom. The van der Waals surface area contributed by atoms with Crippen LogP contribution in [0.4, 0.5) is 11.9 Å². The van der Waals surface area contributed by atoms with Gasteiger partial charge >= 0.3 is 0 Å². The number of aromatic amines is 1. The summed E-state index contributed by atoms with van der Waals surface area (Å²) in [7, 11) is 5.78. The van der Waals surface area contributed by atoms with E-state index in [0.29, 0.717) is 0 Å². The highest BCUT2D eigenvalue weighted by Crippen LogP contribution is 2.15. The third-order valence-electron chi connectivity index (χ3n) is 2.72. The Labute approximate surface area is 101 Å². The van der Waals surface area contributed by atoms with Crippen molar-refractivity contribution >= 4 is 11.9 Å². The number of aromatic nitrogens is 4. The van der Waals surface area contributed by atoms with Gasteiger partial charge in [0.1, 0.15) is 0 Å². The molecule has 2 rings (SSSR count). The first-order valence-electron chi connectivity index (χ1n) is 5.54. The van der Waals surface area contributed by atoms with Gasteiger partial charge in [0.25, 0.3) is 0 Å². The predicted molar refractivity (Wildman–Crippen MR) is 68.2 cm³/mol. The van der Waals surface area contributed by atoms with Gasteiger partial charge in [0.05, 0.1) is 6.54 Å². The molecule has 0 spiro atoms. The lowest BCUT2D eigenvalue weighted by Crippen LogP contribution is -2.20. The molecule has 0 saturated heterocycles. The fraction of sp³-hybridized carbons (Fsp3) is 0.455. The number of nitrogens with one attached hydrogen (secondary N) is 2. The second-order valence-corrected chi connectivity index (χ2v) is 4.16. The van der Waals surface area contributed by atoms with Crippen molar-refractivity contribution in [1.29, 1.82) is 0 Å². The van der Waals surface area contributed by atoms with Crippen LogP contribution in [0.15, 0.2) is 12.1 Å². The minimum atomic E-state index is 0.759. The highest BCUT2D eigenvalue weighted by atomic mass is 15.4. The maximum Gasteiger partial charge on any atom is 0.228 e. The molecule has 6 nitrogen and oxygen atoms in total. The first kappa shape index (κ1) is 11.5. The van der Waals surface area contributed by atoms with Gasteiger partial charge in [0.15, 0.2) is 0 Å². The average Bonchev–Trinajstić information content (AvgIpc) is 2.85. The number of aryl methyl sites for hydroxylation is 1. The Bertz CT molecular complexity index is 498. The molecule has 0 atom stereocenters. The quantitative estimate of drug-likeness (QED) is 0.832. The van der Waals surface area contributed by atoms with E-state index < -0.39 is 0 Å². The van der Waals surface area contributed by atoms with Crippen LogP contribution < -0.4 is 10.2 Å². The van der Waals surface area contributed by atoms with E-state index in [4.69, 9.17) is 0 Å². The summed E-state index contributed by atoms with van der Waals surface area (Å²) in [5.74, 6) is 1.59. The number of hydrogen-bond acceptors (Lipinski definition) is 4. The first-order valence-corrected chi connectivity index (χ1v) is 5.54. The molecule has 0 bridgehead atoms. The van der Waals surface area contributed by atoms with E-state index in [0.717, 1.165) is 18.4 Å². The van der Waals surface area contributed by atoms with E-state index >= 15 is 0 Å². The van der Waals surface area contributed by atoms with Crippen molar-refractivity contribution in [3.63, 3.8) is 0 Å². The standard InChI is InChI=1S/C11H18N6/c1-8-5-6-9(13-8)7-16(3)11-15-14-10(12-2)17(11)4/h5-6,13H,7H2,1-4H3,(H,12,14). The number of H-pyrrole nitrogens is 1. The zero-order valence-corrected chi connectivity index (χ0v) is 10.7. The molecule has 0 amide bonds. The van der Waals surface area contributed by atoms with Gasteiger partial charge in [-0.1, -0.05) is 0 Å². The van der Waals surface area contributed by atoms with Crippen molar-refractivity contribution in [2.45, 2.75) is 13.5 Å². The van der Waals surface area contributed by atoms with Gasteiger partial charge in [-0.2, -0.15) is 0 Å². The fourth-order valence-electron chi connectivity index (χ4n) is 1.85. The zero-order valence-electron chi connectivity index (χ0n) is 10.7. The number of rotatable bonds is 4. The van der Waals surface area contributed by atoms with Crippen LogP contribution in [0.25, 0.3) is 0 Å². The van der Waals surface area contributed by atoms with Crippen LogP contribution in [0.5, 0.6) is 0 Å². The highest BCUT2D eigenvalue weighted by molar-refractivity contribution is 5.38.